The lowest BCUT2D eigenvalue weighted by atomic mass is 10.1. The van der Waals surface area contributed by atoms with Gasteiger partial charge in [0, 0.05) is 29.1 Å². The normalized spacial score (nSPS) is 12.0. The zero-order chi connectivity index (χ0) is 27.2. The van der Waals surface area contributed by atoms with Crippen LogP contribution in [0, 0.1) is 13.8 Å². The van der Waals surface area contributed by atoms with Crippen LogP contribution in [0.2, 0.25) is 0 Å². The third-order valence-corrected chi connectivity index (χ3v) is 7.46. The lowest BCUT2D eigenvalue weighted by Gasteiger charge is -2.13. The Morgan fingerprint density at radius 2 is 1.87 bits per heavy atom. The number of thiazole rings is 1. The van der Waals surface area contributed by atoms with E-state index in [1.54, 1.807) is 22.8 Å². The molecular weight excluding hydrogens is 500 g/mol. The van der Waals surface area contributed by atoms with Gasteiger partial charge in [-0.05, 0) is 81.6 Å². The molecule has 0 bridgehead atoms. The first-order valence-electron chi connectivity index (χ1n) is 13.2. The summed E-state index contributed by atoms with van der Waals surface area (Å²) in [5, 5.41) is 11.3. The molecule has 0 radical (unpaired) electrons. The smallest absolute Gasteiger partial charge is 0.326 e. The lowest BCUT2D eigenvalue weighted by molar-refractivity contribution is -0.140. The minimum atomic E-state index is -0.854. The van der Waals surface area contributed by atoms with Gasteiger partial charge in [-0.15, -0.1) is 11.3 Å². The minimum absolute atomic E-state index is 0.524. The number of nitrogens with zero attached hydrogens (tertiary/aromatic N) is 2. The standard InChI is InChI=1S/C30H36N2O5S/c1-6-9-22-16-23(29-31-28(35-7-2)21(5)38-29)10-13-27(22)37-15-8-14-36-24-11-12-26-25(17-24)19(3)18-32(26)20(4)30(33)34/h10-13,16-18,20H,6-9,14-15H2,1-5H3,(H,33,34). The van der Waals surface area contributed by atoms with E-state index in [2.05, 4.69) is 24.0 Å². The maximum absolute atomic E-state index is 11.4. The van der Waals surface area contributed by atoms with E-state index in [0.29, 0.717) is 25.7 Å². The maximum atomic E-state index is 11.4. The van der Waals surface area contributed by atoms with Crippen LogP contribution in [0.1, 0.15) is 55.7 Å². The molecule has 1 N–H and O–H groups in total. The van der Waals surface area contributed by atoms with E-state index >= 15 is 0 Å². The highest BCUT2D eigenvalue weighted by Crippen LogP contribution is 2.34. The van der Waals surface area contributed by atoms with E-state index in [1.807, 2.05) is 51.2 Å². The second-order valence-electron chi connectivity index (χ2n) is 9.35. The first kappa shape index (κ1) is 27.5. The Bertz CT molecular complexity index is 1410. The Morgan fingerprint density at radius 3 is 2.61 bits per heavy atom. The van der Waals surface area contributed by atoms with Crippen LogP contribution < -0.4 is 14.2 Å². The van der Waals surface area contributed by atoms with Gasteiger partial charge in [0.25, 0.3) is 0 Å². The Labute approximate surface area is 228 Å². The van der Waals surface area contributed by atoms with Crippen molar-refractivity contribution in [3.63, 3.8) is 0 Å². The molecule has 0 saturated heterocycles. The Hall–Kier alpha value is -3.52. The van der Waals surface area contributed by atoms with Crippen molar-refractivity contribution in [2.24, 2.45) is 0 Å². The van der Waals surface area contributed by atoms with Crippen molar-refractivity contribution in [1.29, 1.82) is 0 Å². The first-order valence-corrected chi connectivity index (χ1v) is 14.0. The Kier molecular flexibility index (Phi) is 8.94. The van der Waals surface area contributed by atoms with Gasteiger partial charge >= 0.3 is 5.97 Å². The van der Waals surface area contributed by atoms with Gasteiger partial charge in [-0.2, -0.15) is 0 Å². The monoisotopic (exact) mass is 536 g/mol. The molecule has 0 amide bonds. The maximum Gasteiger partial charge on any atom is 0.326 e. The highest BCUT2D eigenvalue weighted by molar-refractivity contribution is 7.15. The fourth-order valence-electron chi connectivity index (χ4n) is 4.46. The van der Waals surface area contributed by atoms with E-state index < -0.39 is 12.0 Å². The summed E-state index contributed by atoms with van der Waals surface area (Å²) in [4.78, 5) is 17.2. The Balaban J connectivity index is 1.35. The molecule has 0 fully saturated rings. The van der Waals surface area contributed by atoms with Gasteiger partial charge in [-0.3, -0.25) is 0 Å². The molecule has 0 aliphatic carbocycles. The molecule has 4 aromatic rings. The number of aromatic nitrogens is 2. The topological polar surface area (TPSA) is 82.8 Å². The van der Waals surface area contributed by atoms with Gasteiger partial charge in [0.15, 0.2) is 0 Å². The second-order valence-corrected chi connectivity index (χ2v) is 10.6. The molecule has 2 aromatic carbocycles. The predicted molar refractivity (Wildman–Crippen MR) is 152 cm³/mol. The summed E-state index contributed by atoms with van der Waals surface area (Å²) < 4.78 is 19.6. The number of aryl methyl sites for hydroxylation is 3. The number of hydrogen-bond donors (Lipinski definition) is 1. The van der Waals surface area contributed by atoms with Gasteiger partial charge in [-0.25, -0.2) is 9.78 Å². The van der Waals surface area contributed by atoms with E-state index in [1.165, 1.54) is 5.56 Å². The van der Waals surface area contributed by atoms with Gasteiger partial charge in [-0.1, -0.05) is 13.3 Å². The fourth-order valence-corrected chi connectivity index (χ4v) is 5.31. The summed E-state index contributed by atoms with van der Waals surface area (Å²) in [6, 6.07) is 11.5. The van der Waals surface area contributed by atoms with Crippen molar-refractivity contribution in [2.45, 2.75) is 59.9 Å². The molecule has 0 aliphatic heterocycles. The lowest BCUT2D eigenvalue weighted by Crippen LogP contribution is -2.14. The van der Waals surface area contributed by atoms with E-state index in [-0.39, 0.29) is 0 Å². The van der Waals surface area contributed by atoms with Crippen LogP contribution in [0.15, 0.2) is 42.6 Å². The molecule has 2 aromatic heterocycles. The molecule has 0 spiro atoms. The van der Waals surface area contributed by atoms with Gasteiger partial charge in [0.2, 0.25) is 5.88 Å². The predicted octanol–water partition coefficient (Wildman–Crippen LogP) is 7.23. The van der Waals surface area contributed by atoms with Crippen LogP contribution in [-0.4, -0.2) is 40.4 Å². The van der Waals surface area contributed by atoms with Crippen LogP contribution in [0.4, 0.5) is 0 Å². The van der Waals surface area contributed by atoms with Crippen molar-refractivity contribution < 1.29 is 24.1 Å². The highest BCUT2D eigenvalue weighted by Gasteiger charge is 2.17. The number of carbonyl (C=O) groups is 1. The minimum Gasteiger partial charge on any atom is -0.493 e. The fraction of sp³-hybridized carbons (Fsp3) is 0.400. The van der Waals surface area contributed by atoms with Crippen molar-refractivity contribution in [3.05, 3.63) is 58.6 Å². The van der Waals surface area contributed by atoms with Crippen molar-refractivity contribution in [3.8, 4) is 28.0 Å². The van der Waals surface area contributed by atoms with E-state index in [4.69, 9.17) is 14.2 Å². The number of fused-ring (bicyclic) bond motifs is 1. The summed E-state index contributed by atoms with van der Waals surface area (Å²) in [7, 11) is 0. The Morgan fingerprint density at radius 1 is 1.08 bits per heavy atom. The number of ether oxygens (including phenoxy) is 3. The van der Waals surface area contributed by atoms with Gasteiger partial charge in [0.05, 0.1) is 24.7 Å². The molecular formula is C30H36N2O5S. The average molecular weight is 537 g/mol. The molecule has 8 heteroatoms. The molecule has 0 saturated carbocycles. The van der Waals surface area contributed by atoms with Gasteiger partial charge < -0.3 is 23.9 Å². The zero-order valence-electron chi connectivity index (χ0n) is 22.7. The number of hydrogen-bond acceptors (Lipinski definition) is 6. The summed E-state index contributed by atoms with van der Waals surface area (Å²) in [6.45, 7) is 11.5. The number of carboxylic acids is 1. The van der Waals surface area contributed by atoms with Crippen LogP contribution in [0.3, 0.4) is 0 Å². The summed E-state index contributed by atoms with van der Waals surface area (Å²) >= 11 is 1.65. The zero-order valence-corrected chi connectivity index (χ0v) is 23.6. The molecule has 1 unspecified atom stereocenters. The number of carboxylic acid groups (broad SMARTS) is 1. The number of aliphatic carboxylic acids is 1. The summed E-state index contributed by atoms with van der Waals surface area (Å²) in [5.41, 5.74) is 4.18. The van der Waals surface area contributed by atoms with Crippen LogP contribution >= 0.6 is 11.3 Å². The van der Waals surface area contributed by atoms with Crippen LogP contribution in [-0.2, 0) is 11.2 Å². The van der Waals surface area contributed by atoms with E-state index in [0.717, 1.165) is 62.7 Å². The highest BCUT2D eigenvalue weighted by atomic mass is 32.1. The quantitative estimate of drug-likeness (QED) is 0.182. The molecule has 202 valence electrons. The number of benzene rings is 2. The van der Waals surface area contributed by atoms with E-state index in [9.17, 15) is 9.90 Å². The molecule has 1 atom stereocenters. The third-order valence-electron chi connectivity index (χ3n) is 6.46. The van der Waals surface area contributed by atoms with Crippen LogP contribution in [0.5, 0.6) is 17.4 Å². The van der Waals surface area contributed by atoms with Crippen molar-refractivity contribution in [1.82, 2.24) is 9.55 Å². The second kappa shape index (κ2) is 12.3. The van der Waals surface area contributed by atoms with Crippen LogP contribution in [0.25, 0.3) is 21.5 Å². The van der Waals surface area contributed by atoms with Crippen molar-refractivity contribution >= 4 is 28.2 Å². The molecule has 7 nitrogen and oxygen atoms in total. The van der Waals surface area contributed by atoms with Gasteiger partial charge in [0.1, 0.15) is 22.5 Å². The summed E-state index contributed by atoms with van der Waals surface area (Å²) in [5.74, 6) is 1.53. The van der Waals surface area contributed by atoms with Crippen molar-refractivity contribution in [2.75, 3.05) is 19.8 Å². The number of rotatable bonds is 13. The molecule has 38 heavy (non-hydrogen) atoms. The third kappa shape index (κ3) is 6.13. The average Bonchev–Trinajstić information content (AvgIpc) is 3.43. The molecule has 0 aliphatic rings. The molecule has 2 heterocycles. The SMILES string of the molecule is CCCc1cc(-c2nc(OCC)c(C)s2)ccc1OCCCOc1ccc2c(c1)c(C)cn2C(C)C(=O)O. The first-order chi connectivity index (χ1) is 18.3. The molecule has 4 rings (SSSR count). The largest absolute Gasteiger partial charge is 0.493 e. The summed E-state index contributed by atoms with van der Waals surface area (Å²) in [6.07, 6.45) is 4.58.